The summed E-state index contributed by atoms with van der Waals surface area (Å²) in [6, 6.07) is 5.27. The van der Waals surface area contributed by atoms with Crippen LogP contribution in [0, 0.1) is 0 Å². The SMILES string of the molecule is NC(=O)COc1ccc2c3c(c(=O)oc2c1)CCCC3. The van der Waals surface area contributed by atoms with Gasteiger partial charge in [-0.1, -0.05) is 0 Å². The lowest BCUT2D eigenvalue weighted by Gasteiger charge is -2.16. The van der Waals surface area contributed by atoms with Crippen LogP contribution in [0.1, 0.15) is 24.0 Å². The molecule has 2 N–H and O–H groups in total. The van der Waals surface area contributed by atoms with Gasteiger partial charge in [-0.25, -0.2) is 4.79 Å². The first kappa shape index (κ1) is 12.7. The third-order valence-electron chi connectivity index (χ3n) is 3.58. The minimum atomic E-state index is -0.544. The van der Waals surface area contributed by atoms with Crippen LogP contribution in [0.2, 0.25) is 0 Å². The van der Waals surface area contributed by atoms with E-state index in [1.54, 1.807) is 12.1 Å². The molecule has 1 aliphatic carbocycles. The van der Waals surface area contributed by atoms with E-state index in [2.05, 4.69) is 0 Å². The summed E-state index contributed by atoms with van der Waals surface area (Å²) in [5, 5.41) is 0.950. The number of rotatable bonds is 3. The predicted molar refractivity (Wildman–Crippen MR) is 73.8 cm³/mol. The molecule has 2 aromatic rings. The summed E-state index contributed by atoms with van der Waals surface area (Å²) in [5.41, 5.74) is 7.15. The molecular formula is C15H15NO4. The molecule has 0 spiro atoms. The highest BCUT2D eigenvalue weighted by Crippen LogP contribution is 2.28. The van der Waals surface area contributed by atoms with Crippen LogP contribution in [0.4, 0.5) is 0 Å². The molecule has 3 rings (SSSR count). The van der Waals surface area contributed by atoms with Gasteiger partial charge in [-0.3, -0.25) is 4.79 Å². The van der Waals surface area contributed by atoms with Crippen molar-refractivity contribution in [2.75, 3.05) is 6.61 Å². The number of benzene rings is 1. The average Bonchev–Trinajstić information content (AvgIpc) is 2.45. The van der Waals surface area contributed by atoms with E-state index < -0.39 is 5.91 Å². The molecule has 0 radical (unpaired) electrons. The fourth-order valence-electron chi connectivity index (χ4n) is 2.67. The smallest absolute Gasteiger partial charge is 0.339 e. The number of nitrogens with two attached hydrogens (primary N) is 1. The first-order chi connectivity index (χ1) is 9.65. The van der Waals surface area contributed by atoms with Gasteiger partial charge in [-0.05, 0) is 43.4 Å². The van der Waals surface area contributed by atoms with Gasteiger partial charge in [0.2, 0.25) is 0 Å². The highest BCUT2D eigenvalue weighted by molar-refractivity contribution is 5.83. The predicted octanol–water partition coefficient (Wildman–Crippen LogP) is 1.54. The molecule has 1 aromatic carbocycles. The fourth-order valence-corrected chi connectivity index (χ4v) is 2.67. The van der Waals surface area contributed by atoms with Gasteiger partial charge >= 0.3 is 5.63 Å². The second kappa shape index (κ2) is 5.00. The second-order valence-corrected chi connectivity index (χ2v) is 4.97. The largest absolute Gasteiger partial charge is 0.484 e. The van der Waals surface area contributed by atoms with Gasteiger partial charge in [0.1, 0.15) is 11.3 Å². The minimum Gasteiger partial charge on any atom is -0.484 e. The molecule has 1 amide bonds. The van der Waals surface area contributed by atoms with E-state index in [0.29, 0.717) is 11.3 Å². The van der Waals surface area contributed by atoms with Gasteiger partial charge in [-0.15, -0.1) is 0 Å². The van der Waals surface area contributed by atoms with E-state index in [0.717, 1.165) is 42.2 Å². The Balaban J connectivity index is 2.07. The van der Waals surface area contributed by atoms with Crippen LogP contribution in [0.15, 0.2) is 27.4 Å². The van der Waals surface area contributed by atoms with Crippen molar-refractivity contribution in [2.45, 2.75) is 25.7 Å². The summed E-state index contributed by atoms with van der Waals surface area (Å²) in [5.74, 6) is -0.0767. The molecule has 1 heterocycles. The first-order valence-corrected chi connectivity index (χ1v) is 6.65. The van der Waals surface area contributed by atoms with Gasteiger partial charge in [0.05, 0.1) is 0 Å². The molecule has 0 atom stereocenters. The molecule has 0 aliphatic heterocycles. The Morgan fingerprint density at radius 2 is 2.00 bits per heavy atom. The first-order valence-electron chi connectivity index (χ1n) is 6.65. The molecule has 104 valence electrons. The molecule has 1 aliphatic rings. The maximum absolute atomic E-state index is 12.0. The molecule has 5 nitrogen and oxygen atoms in total. The number of primary amides is 1. The molecule has 1 aromatic heterocycles. The van der Waals surface area contributed by atoms with Crippen LogP contribution < -0.4 is 16.1 Å². The summed E-state index contributed by atoms with van der Waals surface area (Å²) in [7, 11) is 0. The van der Waals surface area contributed by atoms with Gasteiger partial charge in [0.15, 0.2) is 6.61 Å². The molecule has 20 heavy (non-hydrogen) atoms. The quantitative estimate of drug-likeness (QED) is 0.860. The number of amides is 1. The molecule has 0 saturated carbocycles. The number of hydrogen-bond donors (Lipinski definition) is 1. The summed E-state index contributed by atoms with van der Waals surface area (Å²) >= 11 is 0. The maximum Gasteiger partial charge on any atom is 0.339 e. The molecule has 5 heteroatoms. The highest BCUT2D eigenvalue weighted by Gasteiger charge is 2.18. The van der Waals surface area contributed by atoms with E-state index in [1.807, 2.05) is 6.07 Å². The van der Waals surface area contributed by atoms with Crippen molar-refractivity contribution in [3.8, 4) is 5.75 Å². The lowest BCUT2D eigenvalue weighted by Crippen LogP contribution is -2.20. The van der Waals surface area contributed by atoms with Crippen LogP contribution in [0.5, 0.6) is 5.75 Å². The number of fused-ring (bicyclic) bond motifs is 3. The Morgan fingerprint density at radius 3 is 2.75 bits per heavy atom. The lowest BCUT2D eigenvalue weighted by molar-refractivity contribution is -0.119. The Kier molecular flexibility index (Phi) is 3.18. The Hall–Kier alpha value is -2.30. The van der Waals surface area contributed by atoms with E-state index in [4.69, 9.17) is 14.9 Å². The zero-order valence-corrected chi connectivity index (χ0v) is 11.0. The molecule has 0 bridgehead atoms. The minimum absolute atomic E-state index is 0.194. The fraction of sp³-hybridized carbons (Fsp3) is 0.333. The van der Waals surface area contributed by atoms with Crippen LogP contribution in [-0.4, -0.2) is 12.5 Å². The summed E-state index contributed by atoms with van der Waals surface area (Å²) in [4.78, 5) is 22.7. The van der Waals surface area contributed by atoms with Crippen molar-refractivity contribution in [3.63, 3.8) is 0 Å². The lowest BCUT2D eigenvalue weighted by atomic mass is 9.91. The monoisotopic (exact) mass is 273 g/mol. The second-order valence-electron chi connectivity index (χ2n) is 4.97. The number of ether oxygens (including phenoxy) is 1. The van der Waals surface area contributed by atoms with Crippen molar-refractivity contribution in [3.05, 3.63) is 39.7 Å². The zero-order valence-electron chi connectivity index (χ0n) is 11.0. The third-order valence-corrected chi connectivity index (χ3v) is 3.58. The van der Waals surface area contributed by atoms with E-state index in [9.17, 15) is 9.59 Å². The molecule has 0 unspecified atom stereocenters. The van der Waals surface area contributed by atoms with Gasteiger partial charge in [0, 0.05) is 17.0 Å². The Morgan fingerprint density at radius 1 is 1.25 bits per heavy atom. The van der Waals surface area contributed by atoms with E-state index in [-0.39, 0.29) is 12.2 Å². The maximum atomic E-state index is 12.0. The standard InChI is InChI=1S/C15H15NO4/c16-14(17)8-19-9-5-6-11-10-3-1-2-4-12(10)15(18)20-13(11)7-9/h5-7H,1-4,8H2,(H2,16,17). The number of carbonyl (C=O) groups excluding carboxylic acids is 1. The average molecular weight is 273 g/mol. The number of aryl methyl sites for hydroxylation is 1. The topological polar surface area (TPSA) is 82.5 Å². The van der Waals surface area contributed by atoms with Crippen molar-refractivity contribution < 1.29 is 13.9 Å². The summed E-state index contributed by atoms with van der Waals surface area (Å²) in [6.45, 7) is -0.194. The van der Waals surface area contributed by atoms with E-state index >= 15 is 0 Å². The third kappa shape index (κ3) is 2.27. The summed E-state index contributed by atoms with van der Waals surface area (Å²) < 4.78 is 10.6. The Bertz CT molecular complexity index is 732. The van der Waals surface area contributed by atoms with E-state index in [1.165, 1.54) is 0 Å². The molecule has 0 fully saturated rings. The van der Waals surface area contributed by atoms with Crippen molar-refractivity contribution in [1.29, 1.82) is 0 Å². The van der Waals surface area contributed by atoms with Crippen LogP contribution in [0.25, 0.3) is 11.0 Å². The number of hydrogen-bond acceptors (Lipinski definition) is 4. The molecule has 0 saturated heterocycles. The van der Waals surface area contributed by atoms with Crippen LogP contribution in [0.3, 0.4) is 0 Å². The van der Waals surface area contributed by atoms with Gasteiger partial charge in [-0.2, -0.15) is 0 Å². The highest BCUT2D eigenvalue weighted by atomic mass is 16.5. The normalized spacial score (nSPS) is 14.0. The van der Waals surface area contributed by atoms with Crippen LogP contribution in [-0.2, 0) is 17.6 Å². The van der Waals surface area contributed by atoms with Crippen molar-refractivity contribution in [1.82, 2.24) is 0 Å². The molecular weight excluding hydrogens is 258 g/mol. The van der Waals surface area contributed by atoms with Crippen LogP contribution >= 0.6 is 0 Å². The summed E-state index contributed by atoms with van der Waals surface area (Å²) in [6.07, 6.45) is 3.81. The Labute approximate surface area is 115 Å². The number of carbonyl (C=O) groups is 1. The van der Waals surface area contributed by atoms with Crippen molar-refractivity contribution in [2.24, 2.45) is 5.73 Å². The van der Waals surface area contributed by atoms with Gasteiger partial charge in [0.25, 0.3) is 5.91 Å². The van der Waals surface area contributed by atoms with Crippen molar-refractivity contribution >= 4 is 16.9 Å². The zero-order chi connectivity index (χ0) is 14.1. The van der Waals surface area contributed by atoms with Gasteiger partial charge < -0.3 is 14.9 Å².